The molecule has 3 aliphatic rings. The second-order valence-electron chi connectivity index (χ2n) is 15.4. The van der Waals surface area contributed by atoms with Gasteiger partial charge in [0.05, 0.1) is 12.2 Å². The van der Waals surface area contributed by atoms with Gasteiger partial charge in [-0.05, 0) is 91.5 Å². The summed E-state index contributed by atoms with van der Waals surface area (Å²) in [7, 11) is -3.91. The second-order valence-corrected chi connectivity index (χ2v) is 24.9. The SMILES string of the molecule is C=C1C(=CC=C2CCC[C@]3(C)C(=CC)C(=O)C[C@@H]23)C[C@@H](O[Si](C)(C)C(C)(C)C)C[C@@H]1O[Si](C)(C)C(C)(C)C. The van der Waals surface area contributed by atoms with Gasteiger partial charge >= 0.3 is 0 Å². The largest absolute Gasteiger partial charge is 0.413 e. The van der Waals surface area contributed by atoms with Gasteiger partial charge in [-0.3, -0.25) is 4.79 Å². The van der Waals surface area contributed by atoms with Crippen LogP contribution in [0, 0.1) is 11.3 Å². The molecule has 3 aliphatic carbocycles. The first-order valence-corrected chi connectivity index (χ1v) is 20.7. The zero-order valence-corrected chi connectivity index (χ0v) is 28.6. The lowest BCUT2D eigenvalue weighted by atomic mass is 9.65. The molecule has 3 nitrogen and oxygen atoms in total. The third kappa shape index (κ3) is 6.16. The first kappa shape index (κ1) is 31.5. The molecule has 0 heterocycles. The average Bonchev–Trinajstić information content (AvgIpc) is 3.02. The minimum Gasteiger partial charge on any atom is -0.413 e. The lowest BCUT2D eigenvalue weighted by molar-refractivity contribution is -0.114. The van der Waals surface area contributed by atoms with E-state index in [1.54, 1.807) is 0 Å². The number of rotatable bonds is 5. The molecule has 0 bridgehead atoms. The summed E-state index contributed by atoms with van der Waals surface area (Å²) in [5, 5.41) is 0.299. The second kappa shape index (κ2) is 10.8. The van der Waals surface area contributed by atoms with Gasteiger partial charge in [0.1, 0.15) is 0 Å². The highest BCUT2D eigenvalue weighted by Crippen LogP contribution is 2.55. The van der Waals surface area contributed by atoms with Crippen molar-refractivity contribution in [2.45, 2.75) is 142 Å². The fourth-order valence-corrected chi connectivity index (χ4v) is 8.84. The maximum absolute atomic E-state index is 12.8. The Bertz CT molecular complexity index is 1030. The van der Waals surface area contributed by atoms with Crippen LogP contribution in [0.3, 0.4) is 0 Å². The quantitative estimate of drug-likeness (QED) is 0.250. The van der Waals surface area contributed by atoms with Gasteiger partial charge in [0, 0.05) is 18.3 Å². The number of fused-ring (bicyclic) bond motifs is 1. The van der Waals surface area contributed by atoms with Gasteiger partial charge in [0.25, 0.3) is 0 Å². The molecule has 0 saturated heterocycles. The molecule has 3 saturated carbocycles. The van der Waals surface area contributed by atoms with E-state index < -0.39 is 16.6 Å². The minimum atomic E-state index is -1.98. The number of Topliss-reactive ketones (excluding diaryl/α,β-unsaturated/α-hetero) is 1. The summed E-state index contributed by atoms with van der Waals surface area (Å²) in [5.41, 5.74) is 4.85. The van der Waals surface area contributed by atoms with Crippen LogP contribution in [0.25, 0.3) is 0 Å². The summed E-state index contributed by atoms with van der Waals surface area (Å²) in [6.07, 6.45) is 12.6. The van der Waals surface area contributed by atoms with Crippen molar-refractivity contribution in [2.24, 2.45) is 11.3 Å². The molecule has 0 spiro atoms. The topological polar surface area (TPSA) is 35.5 Å². The number of carbonyl (C=O) groups is 1. The fraction of sp³-hybridized carbons (Fsp3) is 0.727. The molecule has 38 heavy (non-hydrogen) atoms. The van der Waals surface area contributed by atoms with Crippen LogP contribution in [-0.2, 0) is 13.6 Å². The van der Waals surface area contributed by atoms with Gasteiger partial charge < -0.3 is 8.85 Å². The van der Waals surface area contributed by atoms with E-state index in [2.05, 4.69) is 99.5 Å². The maximum Gasteiger partial charge on any atom is 0.192 e. The molecule has 0 aromatic carbocycles. The molecular weight excluding hydrogens is 501 g/mol. The van der Waals surface area contributed by atoms with Crippen molar-refractivity contribution in [1.29, 1.82) is 0 Å². The van der Waals surface area contributed by atoms with Crippen molar-refractivity contribution in [2.75, 3.05) is 0 Å². The Morgan fingerprint density at radius 3 is 2.08 bits per heavy atom. The van der Waals surface area contributed by atoms with E-state index in [1.807, 2.05) is 6.92 Å². The molecule has 0 aromatic heterocycles. The normalized spacial score (nSPS) is 32.9. The van der Waals surface area contributed by atoms with Crippen LogP contribution in [-0.4, -0.2) is 34.6 Å². The first-order chi connectivity index (χ1) is 17.2. The third-order valence-electron chi connectivity index (χ3n) is 10.7. The predicted octanol–water partition coefficient (Wildman–Crippen LogP) is 9.70. The van der Waals surface area contributed by atoms with Gasteiger partial charge in [-0.15, -0.1) is 0 Å². The molecule has 5 heteroatoms. The Morgan fingerprint density at radius 2 is 1.53 bits per heavy atom. The molecular formula is C33H56O3Si2. The molecule has 3 fully saturated rings. The summed E-state index contributed by atoms with van der Waals surface area (Å²) in [6, 6.07) is 0. The smallest absolute Gasteiger partial charge is 0.192 e. The van der Waals surface area contributed by atoms with Gasteiger partial charge in [-0.2, -0.15) is 0 Å². The molecule has 4 atom stereocenters. The summed E-state index contributed by atoms with van der Waals surface area (Å²) in [5.74, 6) is 0.662. The number of carbonyl (C=O) groups excluding carboxylic acids is 1. The fourth-order valence-electron chi connectivity index (χ4n) is 6.17. The molecule has 0 aromatic rings. The first-order valence-electron chi connectivity index (χ1n) is 14.9. The van der Waals surface area contributed by atoms with E-state index in [-0.39, 0.29) is 27.7 Å². The van der Waals surface area contributed by atoms with E-state index in [1.165, 1.54) is 11.1 Å². The lowest BCUT2D eigenvalue weighted by Crippen LogP contribution is -2.49. The molecule has 0 N–H and O–H groups in total. The molecule has 214 valence electrons. The standard InChI is InChI=1S/C33H56O3Si2/c1-14-27-29(34)22-28-24(16-15-19-33(27,28)9)17-18-25-20-26(35-37(10,11)31(3,4)5)21-30(23(25)2)36-38(12,13)32(6,7)8/h14,17-18,26,28,30H,2,15-16,19-22H2,1,3-13H3/t26-,28+,30+,33-/m1/s1. The molecule has 0 aliphatic heterocycles. The summed E-state index contributed by atoms with van der Waals surface area (Å²) in [4.78, 5) is 12.8. The van der Waals surface area contributed by atoms with Crippen molar-refractivity contribution >= 4 is 22.4 Å². The Labute approximate surface area is 236 Å². The zero-order valence-electron chi connectivity index (χ0n) is 26.6. The maximum atomic E-state index is 12.8. The summed E-state index contributed by atoms with van der Waals surface area (Å²) < 4.78 is 14.0. The van der Waals surface area contributed by atoms with Gasteiger partial charge in [-0.25, -0.2) is 0 Å². The monoisotopic (exact) mass is 556 g/mol. The minimum absolute atomic E-state index is 0.0108. The third-order valence-corrected chi connectivity index (χ3v) is 19.7. The van der Waals surface area contributed by atoms with Crippen LogP contribution in [0.15, 0.2) is 47.1 Å². The van der Waals surface area contributed by atoms with Gasteiger partial charge in [0.15, 0.2) is 22.4 Å². The van der Waals surface area contributed by atoms with E-state index in [9.17, 15) is 4.79 Å². The van der Waals surface area contributed by atoms with Crippen LogP contribution >= 0.6 is 0 Å². The van der Waals surface area contributed by atoms with Crippen LogP contribution in [0.5, 0.6) is 0 Å². The summed E-state index contributed by atoms with van der Waals surface area (Å²) in [6.45, 7) is 32.2. The molecule has 0 radical (unpaired) electrons. The number of hydrogen-bond acceptors (Lipinski definition) is 3. The highest BCUT2D eigenvalue weighted by molar-refractivity contribution is 6.74. The van der Waals surface area contributed by atoms with Gasteiger partial charge in [0.2, 0.25) is 0 Å². The van der Waals surface area contributed by atoms with E-state index >= 15 is 0 Å². The molecule has 0 unspecified atom stereocenters. The van der Waals surface area contributed by atoms with Crippen LogP contribution < -0.4 is 0 Å². The van der Waals surface area contributed by atoms with Crippen LogP contribution in [0.4, 0.5) is 0 Å². The van der Waals surface area contributed by atoms with Crippen molar-refractivity contribution < 1.29 is 13.6 Å². The van der Waals surface area contributed by atoms with Crippen molar-refractivity contribution in [3.63, 3.8) is 0 Å². The van der Waals surface area contributed by atoms with Crippen LogP contribution in [0.1, 0.15) is 93.9 Å². The predicted molar refractivity (Wildman–Crippen MR) is 168 cm³/mol. The number of hydrogen-bond donors (Lipinski definition) is 0. The Kier molecular flexibility index (Phi) is 8.92. The lowest BCUT2D eigenvalue weighted by Gasteiger charge is -2.45. The zero-order chi connectivity index (χ0) is 28.9. The Hall–Kier alpha value is -1.02. The highest BCUT2D eigenvalue weighted by Gasteiger charge is 2.50. The molecule has 0 amide bonds. The van der Waals surface area contributed by atoms with Crippen LogP contribution in [0.2, 0.25) is 36.3 Å². The Balaban J connectivity index is 1.96. The average molecular weight is 557 g/mol. The molecule has 3 rings (SSSR count). The summed E-state index contributed by atoms with van der Waals surface area (Å²) >= 11 is 0. The van der Waals surface area contributed by atoms with Gasteiger partial charge in [-0.1, -0.05) is 78.8 Å². The van der Waals surface area contributed by atoms with E-state index in [4.69, 9.17) is 8.85 Å². The van der Waals surface area contributed by atoms with Crippen molar-refractivity contribution in [3.8, 4) is 0 Å². The number of ketones is 1. The van der Waals surface area contributed by atoms with Crippen molar-refractivity contribution in [3.05, 3.63) is 47.1 Å². The van der Waals surface area contributed by atoms with Crippen molar-refractivity contribution in [1.82, 2.24) is 0 Å². The van der Waals surface area contributed by atoms with E-state index in [0.29, 0.717) is 18.1 Å². The highest BCUT2D eigenvalue weighted by atomic mass is 28.4. The van der Waals surface area contributed by atoms with E-state index in [0.717, 1.165) is 43.3 Å². The number of allylic oxidation sites excluding steroid dienone is 5. The Morgan fingerprint density at radius 1 is 0.947 bits per heavy atom.